The summed E-state index contributed by atoms with van der Waals surface area (Å²) >= 11 is 0. The first-order valence-corrected chi connectivity index (χ1v) is 27.2. The van der Waals surface area contributed by atoms with Gasteiger partial charge >= 0.3 is 0 Å². The Labute approximate surface area is 394 Å². The molecule has 0 bridgehead atoms. The van der Waals surface area contributed by atoms with Crippen molar-refractivity contribution in [2.45, 2.75) is 220 Å². The minimum atomic E-state index is 1.09. The Morgan fingerprint density at radius 3 is 1.00 bits per heavy atom. The van der Waals surface area contributed by atoms with E-state index in [-0.39, 0.29) is 0 Å². The lowest BCUT2D eigenvalue weighted by Crippen LogP contribution is -2.02. The summed E-state index contributed by atoms with van der Waals surface area (Å²) in [4.78, 5) is 0. The number of rotatable bonds is 34. The first kappa shape index (κ1) is 51.1. The molecular formula is C64H90. The molecule has 0 aliphatic carbocycles. The van der Waals surface area contributed by atoms with Gasteiger partial charge in [0.2, 0.25) is 0 Å². The molecule has 0 aromatic heterocycles. The number of benzene rings is 5. The van der Waals surface area contributed by atoms with E-state index in [2.05, 4.69) is 137 Å². The van der Waals surface area contributed by atoms with Crippen LogP contribution in [-0.4, -0.2) is 0 Å². The standard InChI is InChI=1S/C64H90/c1-5-9-13-16-19-21-22-24-27-33-39-60-61(56-37-31-28-32-38-56)52-62(57-46-40-54(41-47-57)35-30-26-23-20-17-14-10-6-2)64(63(60)58-48-42-53(43-49-58)34-12-8-4)59-50-44-55(45-51-59)36-29-25-18-15-11-7-3/h28,31-32,37-38,40-52H,5-27,29-30,33-36,39H2,1-4H3. The van der Waals surface area contributed by atoms with E-state index >= 15 is 0 Å². The maximum absolute atomic E-state index is 2.59. The molecule has 0 heteroatoms. The summed E-state index contributed by atoms with van der Waals surface area (Å²) < 4.78 is 0. The Bertz CT molecular complexity index is 1930. The Morgan fingerprint density at radius 2 is 0.578 bits per heavy atom. The number of hydrogen-bond donors (Lipinski definition) is 0. The molecule has 0 spiro atoms. The van der Waals surface area contributed by atoms with Crippen LogP contribution in [0.3, 0.4) is 0 Å². The van der Waals surface area contributed by atoms with Crippen LogP contribution >= 0.6 is 0 Å². The Morgan fingerprint density at radius 1 is 0.250 bits per heavy atom. The van der Waals surface area contributed by atoms with E-state index in [1.165, 1.54) is 247 Å². The molecular weight excluding hydrogens is 769 g/mol. The van der Waals surface area contributed by atoms with Crippen molar-refractivity contribution in [3.05, 3.63) is 131 Å². The molecule has 0 saturated carbocycles. The smallest absolute Gasteiger partial charge is 0.00236 e. The van der Waals surface area contributed by atoms with Crippen molar-refractivity contribution in [1.29, 1.82) is 0 Å². The third kappa shape index (κ3) is 17.5. The van der Waals surface area contributed by atoms with Crippen LogP contribution in [-0.2, 0) is 25.7 Å². The van der Waals surface area contributed by atoms with Crippen molar-refractivity contribution in [2.24, 2.45) is 0 Å². The van der Waals surface area contributed by atoms with Crippen LogP contribution in [0.1, 0.15) is 217 Å². The SMILES string of the molecule is CCCCCCCCCCCCc1c(-c2ccccc2)cc(-c2ccc(CCCCCCCCCC)cc2)c(-c2ccc(CCCCCCCC)cc2)c1-c1ccc(CCCC)cc1. The van der Waals surface area contributed by atoms with E-state index in [1.807, 2.05) is 0 Å². The van der Waals surface area contributed by atoms with Crippen LogP contribution in [0.25, 0.3) is 44.5 Å². The van der Waals surface area contributed by atoms with Gasteiger partial charge in [-0.15, -0.1) is 0 Å². The lowest BCUT2D eigenvalue weighted by Gasteiger charge is -2.25. The Hall–Kier alpha value is -3.90. The summed E-state index contributed by atoms with van der Waals surface area (Å²) in [5.41, 5.74) is 16.9. The maximum Gasteiger partial charge on any atom is -0.00236 e. The quantitative estimate of drug-likeness (QED) is 0.0362. The average Bonchev–Trinajstić information content (AvgIpc) is 3.34. The molecule has 0 nitrogen and oxygen atoms in total. The van der Waals surface area contributed by atoms with Gasteiger partial charge in [-0.25, -0.2) is 0 Å². The van der Waals surface area contributed by atoms with E-state index in [0.29, 0.717) is 0 Å². The Balaban J connectivity index is 1.55. The molecule has 0 amide bonds. The van der Waals surface area contributed by atoms with Crippen molar-refractivity contribution in [1.82, 2.24) is 0 Å². The number of unbranched alkanes of at least 4 members (excludes halogenated alkanes) is 22. The lowest BCUT2D eigenvalue weighted by molar-refractivity contribution is 0.556. The third-order valence-corrected chi connectivity index (χ3v) is 14.0. The van der Waals surface area contributed by atoms with Crippen LogP contribution in [0.5, 0.6) is 0 Å². The minimum absolute atomic E-state index is 1.09. The van der Waals surface area contributed by atoms with Crippen LogP contribution < -0.4 is 0 Å². The van der Waals surface area contributed by atoms with E-state index < -0.39 is 0 Å². The third-order valence-electron chi connectivity index (χ3n) is 14.0. The molecule has 0 fully saturated rings. The second-order valence-corrected chi connectivity index (χ2v) is 19.4. The highest BCUT2D eigenvalue weighted by molar-refractivity contribution is 6.00. The summed E-state index contributed by atoms with van der Waals surface area (Å²) in [6.07, 6.45) is 39.6. The van der Waals surface area contributed by atoms with Gasteiger partial charge in [0.1, 0.15) is 0 Å². The van der Waals surface area contributed by atoms with E-state index in [0.717, 1.165) is 12.8 Å². The summed E-state index contributed by atoms with van der Waals surface area (Å²) in [5.74, 6) is 0. The molecule has 0 aliphatic rings. The zero-order valence-electron chi connectivity index (χ0n) is 41.6. The molecule has 0 aliphatic heterocycles. The van der Waals surface area contributed by atoms with Gasteiger partial charge < -0.3 is 0 Å². The molecule has 0 saturated heterocycles. The molecule has 0 N–H and O–H groups in total. The monoisotopic (exact) mass is 859 g/mol. The van der Waals surface area contributed by atoms with Gasteiger partial charge in [0.25, 0.3) is 0 Å². The van der Waals surface area contributed by atoms with Crippen molar-refractivity contribution in [3.63, 3.8) is 0 Å². The highest BCUT2D eigenvalue weighted by Gasteiger charge is 2.23. The van der Waals surface area contributed by atoms with Gasteiger partial charge in [0, 0.05) is 0 Å². The van der Waals surface area contributed by atoms with Gasteiger partial charge in [-0.2, -0.15) is 0 Å². The minimum Gasteiger partial charge on any atom is -0.0654 e. The highest BCUT2D eigenvalue weighted by atomic mass is 14.3. The first-order chi connectivity index (χ1) is 31.7. The molecule has 5 aromatic carbocycles. The largest absolute Gasteiger partial charge is 0.0654 e. The molecule has 64 heavy (non-hydrogen) atoms. The van der Waals surface area contributed by atoms with Gasteiger partial charge in [0.05, 0.1) is 0 Å². The predicted molar refractivity (Wildman–Crippen MR) is 286 cm³/mol. The van der Waals surface area contributed by atoms with Crippen LogP contribution in [0.2, 0.25) is 0 Å². The maximum atomic E-state index is 2.59. The summed E-state index contributed by atoms with van der Waals surface area (Å²) in [5, 5.41) is 0. The fourth-order valence-electron chi connectivity index (χ4n) is 9.97. The van der Waals surface area contributed by atoms with Gasteiger partial charge in [-0.3, -0.25) is 0 Å². The molecule has 0 unspecified atom stereocenters. The van der Waals surface area contributed by atoms with E-state index in [1.54, 1.807) is 0 Å². The molecule has 0 heterocycles. The van der Waals surface area contributed by atoms with Gasteiger partial charge in [-0.05, 0) is 124 Å². The van der Waals surface area contributed by atoms with Crippen molar-refractivity contribution in [2.75, 3.05) is 0 Å². The Kier molecular flexibility index (Phi) is 24.8. The van der Waals surface area contributed by atoms with Crippen molar-refractivity contribution < 1.29 is 0 Å². The second kappa shape index (κ2) is 31.1. The lowest BCUT2D eigenvalue weighted by atomic mass is 9.79. The van der Waals surface area contributed by atoms with Crippen molar-refractivity contribution >= 4 is 0 Å². The number of aryl methyl sites for hydroxylation is 3. The average molecular weight is 859 g/mol. The molecule has 346 valence electrons. The number of hydrogen-bond acceptors (Lipinski definition) is 0. The highest BCUT2D eigenvalue weighted by Crippen LogP contribution is 2.47. The summed E-state index contributed by atoms with van der Waals surface area (Å²) in [6, 6.07) is 43.3. The summed E-state index contributed by atoms with van der Waals surface area (Å²) in [7, 11) is 0. The summed E-state index contributed by atoms with van der Waals surface area (Å²) in [6.45, 7) is 9.24. The van der Waals surface area contributed by atoms with Crippen molar-refractivity contribution in [3.8, 4) is 44.5 Å². The van der Waals surface area contributed by atoms with E-state index in [9.17, 15) is 0 Å². The van der Waals surface area contributed by atoms with Gasteiger partial charge in [-0.1, -0.05) is 272 Å². The van der Waals surface area contributed by atoms with Crippen LogP contribution in [0, 0.1) is 0 Å². The van der Waals surface area contributed by atoms with Crippen LogP contribution in [0.15, 0.2) is 109 Å². The predicted octanol–water partition coefficient (Wildman–Crippen LogP) is 20.7. The first-order valence-electron chi connectivity index (χ1n) is 27.2. The molecule has 0 radical (unpaired) electrons. The second-order valence-electron chi connectivity index (χ2n) is 19.4. The normalized spacial score (nSPS) is 11.4. The molecule has 0 atom stereocenters. The molecule has 5 rings (SSSR count). The van der Waals surface area contributed by atoms with E-state index in [4.69, 9.17) is 0 Å². The zero-order chi connectivity index (χ0) is 44.9. The topological polar surface area (TPSA) is 0 Å². The molecule has 5 aromatic rings. The zero-order valence-corrected chi connectivity index (χ0v) is 41.6. The van der Waals surface area contributed by atoms with Crippen LogP contribution in [0.4, 0.5) is 0 Å². The fourth-order valence-corrected chi connectivity index (χ4v) is 9.97. The fraction of sp³-hybridized carbons (Fsp3) is 0.531. The van der Waals surface area contributed by atoms with Gasteiger partial charge in [0.15, 0.2) is 0 Å².